The molecule has 0 bridgehead atoms. The maximum atomic E-state index is 11.7. The monoisotopic (exact) mass is 247 g/mol. The van der Waals surface area contributed by atoms with Crippen LogP contribution in [0.2, 0.25) is 0 Å². The second kappa shape index (κ2) is 6.75. The summed E-state index contributed by atoms with van der Waals surface area (Å²) >= 11 is 1.73. The summed E-state index contributed by atoms with van der Waals surface area (Å²) in [5, 5.41) is 11.5. The van der Waals surface area contributed by atoms with Crippen LogP contribution in [0.4, 0.5) is 0 Å². The van der Waals surface area contributed by atoms with E-state index in [1.807, 2.05) is 0 Å². The number of thioether (sulfide) groups is 1. The fraction of sp³-hybridized carbons (Fsp3) is 0.800. The zero-order chi connectivity index (χ0) is 12.0. The summed E-state index contributed by atoms with van der Waals surface area (Å²) in [5.41, 5.74) is 0. The molecule has 16 heavy (non-hydrogen) atoms. The number of methoxy groups -OCH3 is 1. The fourth-order valence-corrected chi connectivity index (χ4v) is 2.74. The lowest BCUT2D eigenvalue weighted by atomic mass is 10.1. The minimum absolute atomic E-state index is 0.0330. The number of ether oxygens (including phenoxy) is 1. The van der Waals surface area contributed by atoms with Crippen LogP contribution in [0.15, 0.2) is 0 Å². The molecule has 1 heterocycles. The fourth-order valence-electron chi connectivity index (χ4n) is 1.52. The maximum Gasteiger partial charge on any atom is 0.326 e. The van der Waals surface area contributed by atoms with E-state index in [0.29, 0.717) is 13.0 Å². The number of carbonyl (C=O) groups is 2. The molecule has 0 saturated carbocycles. The van der Waals surface area contributed by atoms with Crippen LogP contribution in [0.3, 0.4) is 0 Å². The smallest absolute Gasteiger partial charge is 0.326 e. The average Bonchev–Trinajstić information content (AvgIpc) is 2.76. The van der Waals surface area contributed by atoms with E-state index in [-0.39, 0.29) is 11.8 Å². The van der Waals surface area contributed by atoms with Crippen LogP contribution in [0.5, 0.6) is 0 Å². The standard InChI is InChI=1S/C10H17NO4S/c1-15-4-2-8(10(13)14)11-9(12)7-3-5-16-6-7/h7-8H,2-6H2,1H3,(H,11,12)(H,13,14). The minimum Gasteiger partial charge on any atom is -0.480 e. The van der Waals surface area contributed by atoms with Crippen LogP contribution in [0.1, 0.15) is 12.8 Å². The Balaban J connectivity index is 2.40. The summed E-state index contributed by atoms with van der Waals surface area (Å²) in [6.45, 7) is 0.330. The highest BCUT2D eigenvalue weighted by molar-refractivity contribution is 7.99. The molecule has 1 rings (SSSR count). The Hall–Kier alpha value is -0.750. The Kier molecular flexibility index (Phi) is 5.62. The topological polar surface area (TPSA) is 75.6 Å². The lowest BCUT2D eigenvalue weighted by molar-refractivity contribution is -0.142. The molecular weight excluding hydrogens is 230 g/mol. The highest BCUT2D eigenvalue weighted by atomic mass is 32.2. The van der Waals surface area contributed by atoms with Crippen LogP contribution < -0.4 is 5.32 Å². The van der Waals surface area contributed by atoms with E-state index >= 15 is 0 Å². The Morgan fingerprint density at radius 2 is 2.38 bits per heavy atom. The Morgan fingerprint density at radius 1 is 1.62 bits per heavy atom. The molecule has 5 nitrogen and oxygen atoms in total. The van der Waals surface area contributed by atoms with E-state index < -0.39 is 12.0 Å². The molecule has 0 aromatic rings. The van der Waals surface area contributed by atoms with Gasteiger partial charge in [0.1, 0.15) is 6.04 Å². The highest BCUT2D eigenvalue weighted by Gasteiger charge is 2.27. The van der Waals surface area contributed by atoms with Crippen LogP contribution in [-0.4, -0.2) is 48.2 Å². The quantitative estimate of drug-likeness (QED) is 0.708. The number of nitrogens with one attached hydrogen (secondary N) is 1. The first-order valence-corrected chi connectivity index (χ1v) is 6.40. The highest BCUT2D eigenvalue weighted by Crippen LogP contribution is 2.23. The summed E-state index contributed by atoms with van der Waals surface area (Å²) in [7, 11) is 1.51. The van der Waals surface area contributed by atoms with Gasteiger partial charge >= 0.3 is 5.97 Å². The summed E-state index contributed by atoms with van der Waals surface area (Å²) in [4.78, 5) is 22.6. The minimum atomic E-state index is -1.00. The van der Waals surface area contributed by atoms with Gasteiger partial charge in [-0.25, -0.2) is 4.79 Å². The number of carboxylic acid groups (broad SMARTS) is 1. The van der Waals surface area contributed by atoms with Gasteiger partial charge in [0.2, 0.25) is 5.91 Å². The van der Waals surface area contributed by atoms with Crippen molar-refractivity contribution in [2.75, 3.05) is 25.2 Å². The molecule has 1 aliphatic rings. The number of hydrogen-bond donors (Lipinski definition) is 2. The van der Waals surface area contributed by atoms with E-state index in [0.717, 1.165) is 17.9 Å². The van der Waals surface area contributed by atoms with Crippen molar-refractivity contribution in [3.8, 4) is 0 Å². The van der Waals surface area contributed by atoms with Crippen LogP contribution >= 0.6 is 11.8 Å². The molecule has 1 fully saturated rings. The summed E-state index contributed by atoms with van der Waals surface area (Å²) in [5.74, 6) is 0.593. The third-order valence-electron chi connectivity index (χ3n) is 2.53. The second-order valence-electron chi connectivity index (χ2n) is 3.74. The molecule has 2 unspecified atom stereocenters. The molecule has 1 amide bonds. The molecule has 1 aliphatic heterocycles. The predicted octanol–water partition coefficient (Wildman–Crippen LogP) is 0.345. The van der Waals surface area contributed by atoms with Gasteiger partial charge in [0.05, 0.1) is 0 Å². The molecule has 2 N–H and O–H groups in total. The van der Waals surface area contributed by atoms with Gasteiger partial charge in [-0.2, -0.15) is 11.8 Å². The normalized spacial score (nSPS) is 21.7. The summed E-state index contributed by atoms with van der Waals surface area (Å²) < 4.78 is 4.81. The van der Waals surface area contributed by atoms with Gasteiger partial charge in [0, 0.05) is 31.8 Å². The molecule has 92 valence electrons. The molecule has 0 radical (unpaired) electrons. The molecule has 1 saturated heterocycles. The first kappa shape index (κ1) is 13.3. The first-order chi connectivity index (χ1) is 7.65. The van der Waals surface area contributed by atoms with Crippen LogP contribution in [0.25, 0.3) is 0 Å². The summed E-state index contributed by atoms with van der Waals surface area (Å²) in [6, 6.07) is -0.835. The van der Waals surface area contributed by atoms with Crippen molar-refractivity contribution in [2.45, 2.75) is 18.9 Å². The van der Waals surface area contributed by atoms with Crippen molar-refractivity contribution in [3.05, 3.63) is 0 Å². The van der Waals surface area contributed by atoms with Gasteiger partial charge in [-0.3, -0.25) is 4.79 Å². The van der Waals surface area contributed by atoms with Gasteiger partial charge < -0.3 is 15.2 Å². The lowest BCUT2D eigenvalue weighted by Gasteiger charge is -2.16. The van der Waals surface area contributed by atoms with Gasteiger partial charge in [-0.05, 0) is 12.2 Å². The molecule has 0 aliphatic carbocycles. The number of carboxylic acids is 1. The van der Waals surface area contributed by atoms with Crippen LogP contribution in [0, 0.1) is 5.92 Å². The van der Waals surface area contributed by atoms with Crippen molar-refractivity contribution in [3.63, 3.8) is 0 Å². The van der Waals surface area contributed by atoms with Gasteiger partial charge in [0.15, 0.2) is 0 Å². The van der Waals surface area contributed by atoms with Crippen molar-refractivity contribution in [1.82, 2.24) is 5.32 Å². The van der Waals surface area contributed by atoms with Crippen molar-refractivity contribution in [1.29, 1.82) is 0 Å². The number of hydrogen-bond acceptors (Lipinski definition) is 4. The average molecular weight is 247 g/mol. The van der Waals surface area contributed by atoms with Gasteiger partial charge in [-0.15, -0.1) is 0 Å². The molecular formula is C10H17NO4S. The van der Waals surface area contributed by atoms with Crippen LogP contribution in [-0.2, 0) is 14.3 Å². The molecule has 2 atom stereocenters. The number of rotatable bonds is 6. The Bertz CT molecular complexity index is 253. The van der Waals surface area contributed by atoms with Crippen molar-refractivity contribution in [2.24, 2.45) is 5.92 Å². The Labute approximate surface area is 98.9 Å². The molecule has 0 aromatic heterocycles. The zero-order valence-electron chi connectivity index (χ0n) is 9.27. The largest absolute Gasteiger partial charge is 0.480 e. The molecule has 6 heteroatoms. The van der Waals surface area contributed by atoms with Gasteiger partial charge in [0.25, 0.3) is 0 Å². The Morgan fingerprint density at radius 3 is 2.88 bits per heavy atom. The third-order valence-corrected chi connectivity index (χ3v) is 3.69. The first-order valence-electron chi connectivity index (χ1n) is 5.25. The summed E-state index contributed by atoms with van der Waals surface area (Å²) in [6.07, 6.45) is 1.14. The molecule has 0 spiro atoms. The SMILES string of the molecule is COCCC(NC(=O)C1CCSC1)C(=O)O. The second-order valence-corrected chi connectivity index (χ2v) is 4.89. The van der Waals surface area contributed by atoms with Gasteiger partial charge in [-0.1, -0.05) is 0 Å². The lowest BCUT2D eigenvalue weighted by Crippen LogP contribution is -2.44. The van der Waals surface area contributed by atoms with E-state index in [9.17, 15) is 9.59 Å². The third kappa shape index (κ3) is 4.02. The van der Waals surface area contributed by atoms with Crippen molar-refractivity contribution >= 4 is 23.6 Å². The van der Waals surface area contributed by atoms with E-state index in [4.69, 9.17) is 9.84 Å². The molecule has 0 aromatic carbocycles. The predicted molar refractivity (Wildman–Crippen MR) is 61.5 cm³/mol. The number of carbonyl (C=O) groups excluding carboxylic acids is 1. The number of amides is 1. The maximum absolute atomic E-state index is 11.7. The van der Waals surface area contributed by atoms with E-state index in [2.05, 4.69) is 5.32 Å². The van der Waals surface area contributed by atoms with Crippen molar-refractivity contribution < 1.29 is 19.4 Å². The van der Waals surface area contributed by atoms with E-state index in [1.165, 1.54) is 7.11 Å². The van der Waals surface area contributed by atoms with E-state index in [1.54, 1.807) is 11.8 Å². The number of aliphatic carboxylic acids is 1. The zero-order valence-corrected chi connectivity index (χ0v) is 10.1.